The van der Waals surface area contributed by atoms with Gasteiger partial charge in [-0.1, -0.05) is 121 Å². The average molecular weight is 519 g/mol. The summed E-state index contributed by atoms with van der Waals surface area (Å²) in [5, 5.41) is 7.09. The van der Waals surface area contributed by atoms with Crippen molar-refractivity contribution in [1.82, 2.24) is 0 Å². The van der Waals surface area contributed by atoms with E-state index >= 15 is 0 Å². The van der Waals surface area contributed by atoms with Gasteiger partial charge in [0.25, 0.3) is 5.17 Å². The molecule has 0 aromatic heterocycles. The van der Waals surface area contributed by atoms with Crippen LogP contribution >= 0.6 is 19.3 Å². The summed E-state index contributed by atoms with van der Waals surface area (Å²) in [4.78, 5) is 0. The Bertz CT molecular complexity index is 1400. The Labute approximate surface area is 223 Å². The lowest BCUT2D eigenvalue weighted by molar-refractivity contribution is 0.300. The molecule has 37 heavy (non-hydrogen) atoms. The van der Waals surface area contributed by atoms with Crippen LogP contribution in [0.15, 0.2) is 150 Å². The van der Waals surface area contributed by atoms with Crippen molar-refractivity contribution < 1.29 is 4.74 Å². The molecule has 0 radical (unpaired) electrons. The van der Waals surface area contributed by atoms with E-state index in [0.717, 1.165) is 16.9 Å². The number of rotatable bonds is 7. The second-order valence-corrected chi connectivity index (χ2v) is 11.9. The summed E-state index contributed by atoms with van der Waals surface area (Å²) in [6.07, 6.45) is 0. The Morgan fingerprint density at radius 2 is 1.11 bits per heavy atom. The summed E-state index contributed by atoms with van der Waals surface area (Å²) in [6, 6.07) is 49.9. The number of ether oxygens (including phenoxy) is 1. The zero-order valence-electron chi connectivity index (χ0n) is 20.3. The van der Waals surface area contributed by atoms with E-state index in [1.807, 2.05) is 42.5 Å². The first kappa shape index (κ1) is 24.7. The van der Waals surface area contributed by atoms with Crippen molar-refractivity contribution in [2.24, 2.45) is 4.74 Å². The third kappa shape index (κ3) is 5.89. The van der Waals surface area contributed by atoms with Crippen molar-refractivity contribution in [3.05, 3.63) is 151 Å². The van der Waals surface area contributed by atoms with Crippen LogP contribution in [-0.2, 0) is 11.3 Å². The molecule has 0 bridgehead atoms. The van der Waals surface area contributed by atoms with Crippen LogP contribution in [0.3, 0.4) is 0 Å². The van der Waals surface area contributed by atoms with E-state index in [0.29, 0.717) is 11.8 Å². The Hall–Kier alpha value is -3.98. The molecule has 5 aromatic carbocycles. The molecule has 0 heterocycles. The minimum Gasteiger partial charge on any atom is -0.466 e. The Morgan fingerprint density at radius 3 is 1.62 bits per heavy atom. The largest absolute Gasteiger partial charge is 0.466 e. The lowest BCUT2D eigenvalue weighted by Gasteiger charge is -2.27. The van der Waals surface area contributed by atoms with E-state index in [-0.39, 0.29) is 0 Å². The smallest absolute Gasteiger partial charge is 0.261 e. The SMILES string of the molecule is S=C(Nc1ccccc1)OCc1cccc(N=P(c2ccccc2)(c2ccccc2)c2ccccc2)c1. The van der Waals surface area contributed by atoms with Crippen LogP contribution in [0.4, 0.5) is 11.4 Å². The van der Waals surface area contributed by atoms with Gasteiger partial charge in [-0.25, -0.2) is 0 Å². The predicted octanol–water partition coefficient (Wildman–Crippen LogP) is 7.41. The second kappa shape index (κ2) is 11.8. The summed E-state index contributed by atoms with van der Waals surface area (Å²) in [7, 11) is -2.33. The summed E-state index contributed by atoms with van der Waals surface area (Å²) >= 11 is 5.40. The maximum Gasteiger partial charge on any atom is 0.261 e. The molecule has 5 heteroatoms. The average Bonchev–Trinajstić information content (AvgIpc) is 2.97. The molecule has 0 saturated heterocycles. The summed E-state index contributed by atoms with van der Waals surface area (Å²) < 4.78 is 11.4. The third-order valence-electron chi connectivity index (χ3n) is 5.96. The lowest BCUT2D eigenvalue weighted by Crippen LogP contribution is -2.25. The summed E-state index contributed by atoms with van der Waals surface area (Å²) in [5.74, 6) is 0. The highest BCUT2D eigenvalue weighted by Gasteiger charge is 2.27. The maximum absolute atomic E-state index is 5.86. The van der Waals surface area contributed by atoms with Gasteiger partial charge in [0.2, 0.25) is 0 Å². The van der Waals surface area contributed by atoms with Gasteiger partial charge in [0.1, 0.15) is 6.61 Å². The van der Waals surface area contributed by atoms with Gasteiger partial charge in [-0.05, 0) is 42.0 Å². The van der Waals surface area contributed by atoms with Crippen LogP contribution in [0.1, 0.15) is 5.56 Å². The lowest BCUT2D eigenvalue weighted by atomic mass is 10.2. The van der Waals surface area contributed by atoms with Gasteiger partial charge in [-0.2, -0.15) is 0 Å². The summed E-state index contributed by atoms with van der Waals surface area (Å²) in [6.45, 7) is 0.357. The highest BCUT2D eigenvalue weighted by Crippen LogP contribution is 2.49. The first-order chi connectivity index (χ1) is 18.2. The molecule has 5 aromatic rings. The molecule has 0 aliphatic heterocycles. The zero-order chi connectivity index (χ0) is 25.3. The van der Waals surface area contributed by atoms with E-state index in [4.69, 9.17) is 21.7 Å². The minimum absolute atomic E-state index is 0.341. The fraction of sp³-hybridized carbons (Fsp3) is 0.0312. The van der Waals surface area contributed by atoms with Crippen molar-refractivity contribution in [2.75, 3.05) is 5.32 Å². The van der Waals surface area contributed by atoms with Crippen molar-refractivity contribution >= 4 is 51.7 Å². The monoisotopic (exact) mass is 518 g/mol. The van der Waals surface area contributed by atoms with Crippen LogP contribution in [0.25, 0.3) is 0 Å². The van der Waals surface area contributed by atoms with Crippen molar-refractivity contribution in [1.29, 1.82) is 0 Å². The molecule has 182 valence electrons. The first-order valence-electron chi connectivity index (χ1n) is 12.1. The van der Waals surface area contributed by atoms with E-state index in [2.05, 4.69) is 108 Å². The highest BCUT2D eigenvalue weighted by atomic mass is 32.1. The number of thiocarbonyl (C=S) groups is 1. The second-order valence-electron chi connectivity index (χ2n) is 8.48. The van der Waals surface area contributed by atoms with Crippen molar-refractivity contribution in [3.63, 3.8) is 0 Å². The predicted molar refractivity (Wildman–Crippen MR) is 161 cm³/mol. The van der Waals surface area contributed by atoms with Gasteiger partial charge in [-0.3, -0.25) is 4.74 Å². The van der Waals surface area contributed by atoms with E-state index in [1.54, 1.807) is 0 Å². The van der Waals surface area contributed by atoms with Crippen LogP contribution in [-0.4, -0.2) is 5.17 Å². The molecule has 0 amide bonds. The van der Waals surface area contributed by atoms with Crippen molar-refractivity contribution in [2.45, 2.75) is 6.61 Å². The van der Waals surface area contributed by atoms with Gasteiger partial charge >= 0.3 is 0 Å². The molecule has 0 unspecified atom stereocenters. The highest BCUT2D eigenvalue weighted by molar-refractivity contribution is 7.87. The van der Waals surface area contributed by atoms with Gasteiger partial charge < -0.3 is 10.1 Å². The van der Waals surface area contributed by atoms with Gasteiger partial charge in [-0.15, -0.1) is 0 Å². The fourth-order valence-electron chi connectivity index (χ4n) is 4.26. The van der Waals surface area contributed by atoms with E-state index in [1.165, 1.54) is 15.9 Å². The molecular weight excluding hydrogens is 491 g/mol. The first-order valence-corrected chi connectivity index (χ1v) is 14.3. The van der Waals surface area contributed by atoms with E-state index < -0.39 is 7.05 Å². The normalized spacial score (nSPS) is 10.9. The molecule has 0 saturated carbocycles. The van der Waals surface area contributed by atoms with Crippen molar-refractivity contribution in [3.8, 4) is 0 Å². The number of nitrogens with zero attached hydrogens (tertiary/aromatic N) is 1. The van der Waals surface area contributed by atoms with E-state index in [9.17, 15) is 0 Å². The molecule has 5 rings (SSSR count). The summed E-state index contributed by atoms with van der Waals surface area (Å²) in [5.41, 5.74) is 2.82. The topological polar surface area (TPSA) is 33.6 Å². The number of benzene rings is 5. The van der Waals surface area contributed by atoms with Crippen LogP contribution in [0.5, 0.6) is 0 Å². The molecule has 0 aliphatic rings. The van der Waals surface area contributed by atoms with Crippen LogP contribution in [0.2, 0.25) is 0 Å². The molecule has 0 fully saturated rings. The number of hydrogen-bond donors (Lipinski definition) is 1. The molecule has 1 N–H and O–H groups in total. The minimum atomic E-state index is -2.33. The third-order valence-corrected chi connectivity index (χ3v) is 9.84. The molecule has 0 aliphatic carbocycles. The standard InChI is InChI=1S/C32H27N2OPS/c37-32(33-27-15-5-1-6-16-27)35-25-26-14-13-17-28(24-26)34-36(29-18-7-2-8-19-29,30-20-9-3-10-21-30)31-22-11-4-12-23-31/h1-24H,25H2,(H,33,37). The van der Waals surface area contributed by atoms with Gasteiger partial charge in [0, 0.05) is 21.6 Å². The number of hydrogen-bond acceptors (Lipinski definition) is 3. The number of para-hydroxylation sites is 1. The Morgan fingerprint density at radius 1 is 0.622 bits per heavy atom. The van der Waals surface area contributed by atoms with Crippen LogP contribution in [0, 0.1) is 0 Å². The maximum atomic E-state index is 5.86. The zero-order valence-corrected chi connectivity index (χ0v) is 22.0. The molecule has 3 nitrogen and oxygen atoms in total. The van der Waals surface area contributed by atoms with Crippen LogP contribution < -0.4 is 21.2 Å². The Balaban J connectivity index is 1.54. The fourth-order valence-corrected chi connectivity index (χ4v) is 7.96. The molecular formula is C32H27N2OPS. The Kier molecular flexibility index (Phi) is 7.90. The molecule has 0 spiro atoms. The molecule has 0 atom stereocenters. The van der Waals surface area contributed by atoms with Gasteiger partial charge in [0.15, 0.2) is 0 Å². The number of anilines is 1. The number of nitrogens with one attached hydrogen (secondary N) is 1. The quantitative estimate of drug-likeness (QED) is 0.180. The van der Waals surface area contributed by atoms with Gasteiger partial charge in [0.05, 0.1) is 12.7 Å².